The number of hydrogen-bond donors (Lipinski definition) is 0. The molecule has 10 heavy (non-hydrogen) atoms. The van der Waals surface area contributed by atoms with Gasteiger partial charge in [-0.25, -0.2) is 0 Å². The Kier molecular flexibility index (Phi) is 3.17. The van der Waals surface area contributed by atoms with Crippen LogP contribution in [0.3, 0.4) is 0 Å². The van der Waals surface area contributed by atoms with Crippen molar-refractivity contribution in [3.8, 4) is 6.07 Å². The number of allylic oxidation sites excluding steroid dienone is 2. The second-order valence-electron chi connectivity index (χ2n) is 3.10. The standard InChI is InChI=1S/C7H13NOSi/c1-7(5-6-8)9-10(2,3)4/h5H,1-4H3. The lowest BCUT2D eigenvalue weighted by atomic mass is 10.5. The fourth-order valence-electron chi connectivity index (χ4n) is 0.603. The van der Waals surface area contributed by atoms with Crippen molar-refractivity contribution in [2.45, 2.75) is 26.6 Å². The minimum absolute atomic E-state index is 0.724. The van der Waals surface area contributed by atoms with E-state index in [2.05, 4.69) is 19.6 Å². The molecule has 3 heteroatoms. The quantitative estimate of drug-likeness (QED) is 0.348. The SMILES string of the molecule is CC(=CC#N)O[Si](C)(C)C. The number of nitriles is 1. The summed E-state index contributed by atoms with van der Waals surface area (Å²) < 4.78 is 5.46. The summed E-state index contributed by atoms with van der Waals surface area (Å²) in [5.74, 6) is 0.724. The molecule has 0 fully saturated rings. The second kappa shape index (κ2) is 3.42. The fourth-order valence-corrected chi connectivity index (χ4v) is 1.63. The van der Waals surface area contributed by atoms with Crippen LogP contribution in [0.5, 0.6) is 0 Å². The molecule has 0 aromatic heterocycles. The molecule has 0 aliphatic heterocycles. The topological polar surface area (TPSA) is 33.0 Å². The molecule has 0 aliphatic rings. The van der Waals surface area contributed by atoms with Gasteiger partial charge in [-0.15, -0.1) is 0 Å². The molecule has 0 saturated heterocycles. The molecule has 0 spiro atoms. The molecular formula is C7H13NOSi. The van der Waals surface area contributed by atoms with Crippen LogP contribution >= 0.6 is 0 Å². The first-order valence-corrected chi connectivity index (χ1v) is 6.62. The van der Waals surface area contributed by atoms with E-state index in [0.717, 1.165) is 5.76 Å². The van der Waals surface area contributed by atoms with Crippen molar-refractivity contribution in [1.82, 2.24) is 0 Å². The van der Waals surface area contributed by atoms with Gasteiger partial charge in [0, 0.05) is 0 Å². The Hall–Kier alpha value is -0.753. The van der Waals surface area contributed by atoms with Gasteiger partial charge >= 0.3 is 0 Å². The van der Waals surface area contributed by atoms with E-state index in [1.165, 1.54) is 6.08 Å². The van der Waals surface area contributed by atoms with Gasteiger partial charge in [-0.05, 0) is 26.6 Å². The second-order valence-corrected chi connectivity index (χ2v) is 7.53. The summed E-state index contributed by atoms with van der Waals surface area (Å²) in [5.41, 5.74) is 0. The zero-order valence-electron chi connectivity index (χ0n) is 6.93. The van der Waals surface area contributed by atoms with Crippen molar-refractivity contribution < 1.29 is 4.43 Å². The largest absolute Gasteiger partial charge is 0.547 e. The molecule has 56 valence electrons. The Balaban J connectivity index is 3.95. The van der Waals surface area contributed by atoms with Gasteiger partial charge in [-0.1, -0.05) is 0 Å². The van der Waals surface area contributed by atoms with Crippen LogP contribution in [0.1, 0.15) is 6.92 Å². The molecule has 0 amide bonds. The molecule has 2 nitrogen and oxygen atoms in total. The Morgan fingerprint density at radius 3 is 2.30 bits per heavy atom. The van der Waals surface area contributed by atoms with E-state index < -0.39 is 8.32 Å². The van der Waals surface area contributed by atoms with Crippen molar-refractivity contribution in [2.24, 2.45) is 0 Å². The minimum atomic E-state index is -1.48. The summed E-state index contributed by atoms with van der Waals surface area (Å²) in [6.07, 6.45) is 1.43. The highest BCUT2D eigenvalue weighted by Gasteiger charge is 2.15. The minimum Gasteiger partial charge on any atom is -0.547 e. The van der Waals surface area contributed by atoms with Crippen LogP contribution in [0.2, 0.25) is 19.6 Å². The molecule has 0 bridgehead atoms. The third-order valence-electron chi connectivity index (χ3n) is 0.735. The molecule has 0 aromatic carbocycles. The third kappa shape index (κ3) is 5.38. The molecule has 0 radical (unpaired) electrons. The molecule has 0 saturated carbocycles. The lowest BCUT2D eigenvalue weighted by molar-refractivity contribution is 0.425. The molecule has 0 rings (SSSR count). The van der Waals surface area contributed by atoms with Gasteiger partial charge in [-0.3, -0.25) is 0 Å². The van der Waals surface area contributed by atoms with Crippen LogP contribution in [0, 0.1) is 11.3 Å². The van der Waals surface area contributed by atoms with E-state index in [1.807, 2.05) is 13.0 Å². The van der Waals surface area contributed by atoms with Crippen LogP contribution in [0.15, 0.2) is 11.8 Å². The van der Waals surface area contributed by atoms with Crippen molar-refractivity contribution in [1.29, 1.82) is 5.26 Å². The van der Waals surface area contributed by atoms with Gasteiger partial charge in [0.15, 0.2) is 0 Å². The van der Waals surface area contributed by atoms with E-state index >= 15 is 0 Å². The van der Waals surface area contributed by atoms with E-state index in [-0.39, 0.29) is 0 Å². The Bertz CT molecular complexity index is 173. The third-order valence-corrected chi connectivity index (χ3v) is 1.67. The first-order chi connectivity index (χ1) is 4.45. The van der Waals surface area contributed by atoms with Crippen LogP contribution < -0.4 is 0 Å². The van der Waals surface area contributed by atoms with Crippen LogP contribution in [-0.4, -0.2) is 8.32 Å². The summed E-state index contributed by atoms with van der Waals surface area (Å²) in [6.45, 7) is 8.06. The first-order valence-electron chi connectivity index (χ1n) is 3.21. The summed E-state index contributed by atoms with van der Waals surface area (Å²) in [7, 11) is -1.48. The average Bonchev–Trinajstić information content (AvgIpc) is 1.59. The predicted molar refractivity (Wildman–Crippen MR) is 43.8 cm³/mol. The molecule has 0 atom stereocenters. The molecule has 0 aliphatic carbocycles. The Morgan fingerprint density at radius 1 is 1.50 bits per heavy atom. The van der Waals surface area contributed by atoms with E-state index in [0.29, 0.717) is 0 Å². The maximum Gasteiger partial charge on any atom is 0.241 e. The molecule has 0 unspecified atom stereocenters. The van der Waals surface area contributed by atoms with Gasteiger partial charge in [0.2, 0.25) is 8.32 Å². The van der Waals surface area contributed by atoms with Gasteiger partial charge in [-0.2, -0.15) is 5.26 Å². The van der Waals surface area contributed by atoms with Crippen molar-refractivity contribution >= 4 is 8.32 Å². The maximum absolute atomic E-state index is 8.24. The van der Waals surface area contributed by atoms with Crippen LogP contribution in [0.25, 0.3) is 0 Å². The first kappa shape index (κ1) is 9.25. The fraction of sp³-hybridized carbons (Fsp3) is 0.571. The molecule has 0 N–H and O–H groups in total. The number of nitrogens with zero attached hydrogens (tertiary/aromatic N) is 1. The van der Waals surface area contributed by atoms with Gasteiger partial charge in [0.1, 0.15) is 0 Å². The summed E-state index contributed by atoms with van der Waals surface area (Å²) in [6, 6.07) is 1.93. The normalized spacial score (nSPS) is 12.5. The molecule has 0 heterocycles. The van der Waals surface area contributed by atoms with Crippen molar-refractivity contribution in [3.63, 3.8) is 0 Å². The predicted octanol–water partition coefficient (Wildman–Crippen LogP) is 2.27. The molecule has 0 aromatic rings. The van der Waals surface area contributed by atoms with Crippen LogP contribution in [-0.2, 0) is 4.43 Å². The average molecular weight is 155 g/mol. The van der Waals surface area contributed by atoms with Gasteiger partial charge in [0.05, 0.1) is 17.9 Å². The van der Waals surface area contributed by atoms with Crippen molar-refractivity contribution in [3.05, 3.63) is 11.8 Å². The smallest absolute Gasteiger partial charge is 0.241 e. The summed E-state index contributed by atoms with van der Waals surface area (Å²) in [5, 5.41) is 8.24. The number of rotatable bonds is 2. The Labute approximate surface area is 63.2 Å². The van der Waals surface area contributed by atoms with Crippen molar-refractivity contribution in [2.75, 3.05) is 0 Å². The maximum atomic E-state index is 8.24. The summed E-state index contributed by atoms with van der Waals surface area (Å²) >= 11 is 0. The number of hydrogen-bond acceptors (Lipinski definition) is 2. The lowest BCUT2D eigenvalue weighted by Gasteiger charge is -2.18. The van der Waals surface area contributed by atoms with E-state index in [1.54, 1.807) is 0 Å². The van der Waals surface area contributed by atoms with E-state index in [9.17, 15) is 0 Å². The Morgan fingerprint density at radius 2 is 2.00 bits per heavy atom. The summed E-state index contributed by atoms with van der Waals surface area (Å²) in [4.78, 5) is 0. The highest BCUT2D eigenvalue weighted by Crippen LogP contribution is 2.08. The van der Waals surface area contributed by atoms with Gasteiger partial charge < -0.3 is 4.43 Å². The zero-order valence-corrected chi connectivity index (χ0v) is 7.93. The zero-order chi connectivity index (χ0) is 8.20. The monoisotopic (exact) mass is 155 g/mol. The lowest BCUT2D eigenvalue weighted by Crippen LogP contribution is -2.23. The van der Waals surface area contributed by atoms with E-state index in [4.69, 9.17) is 9.69 Å². The van der Waals surface area contributed by atoms with Gasteiger partial charge in [0.25, 0.3) is 0 Å². The highest BCUT2D eigenvalue weighted by molar-refractivity contribution is 6.70. The highest BCUT2D eigenvalue weighted by atomic mass is 28.4. The molecular weight excluding hydrogens is 142 g/mol. The van der Waals surface area contributed by atoms with Crippen LogP contribution in [0.4, 0.5) is 0 Å².